The molecule has 0 radical (unpaired) electrons. The smallest absolute Gasteiger partial charge is 0.347 e. The second-order valence-corrected chi connectivity index (χ2v) is 7.88. The summed E-state index contributed by atoms with van der Waals surface area (Å²) in [5.74, 6) is 0.175. The zero-order valence-electron chi connectivity index (χ0n) is 14.3. The molecule has 0 spiro atoms. The summed E-state index contributed by atoms with van der Waals surface area (Å²) < 4.78 is 8.01. The van der Waals surface area contributed by atoms with Crippen molar-refractivity contribution < 1.29 is 4.42 Å². The van der Waals surface area contributed by atoms with Gasteiger partial charge in [-0.15, -0.1) is 0 Å². The predicted octanol–water partition coefficient (Wildman–Crippen LogP) is 5.73. The van der Waals surface area contributed by atoms with Crippen LogP contribution in [-0.2, 0) is 0 Å². The molecule has 0 aliphatic heterocycles. The number of nitrogens with zero attached hydrogens (tertiary/aromatic N) is 3. The summed E-state index contributed by atoms with van der Waals surface area (Å²) in [5, 5.41) is 1.18. The Balaban J connectivity index is 2.02. The molecule has 0 saturated carbocycles. The van der Waals surface area contributed by atoms with Crippen LogP contribution in [-0.4, -0.2) is 14.5 Å². The van der Waals surface area contributed by atoms with E-state index in [0.717, 1.165) is 15.6 Å². The van der Waals surface area contributed by atoms with E-state index in [0.29, 0.717) is 32.3 Å². The van der Waals surface area contributed by atoms with Crippen LogP contribution < -0.4 is 5.63 Å². The summed E-state index contributed by atoms with van der Waals surface area (Å²) in [7, 11) is 0. The number of pyridine rings is 1. The van der Waals surface area contributed by atoms with E-state index >= 15 is 0 Å². The van der Waals surface area contributed by atoms with Crippen molar-refractivity contribution in [1.82, 2.24) is 14.5 Å². The minimum atomic E-state index is -0.447. The van der Waals surface area contributed by atoms with Crippen LogP contribution in [0.3, 0.4) is 0 Å². The van der Waals surface area contributed by atoms with Gasteiger partial charge < -0.3 is 8.98 Å². The summed E-state index contributed by atoms with van der Waals surface area (Å²) >= 11 is 16.1. The van der Waals surface area contributed by atoms with Crippen molar-refractivity contribution in [3.63, 3.8) is 0 Å². The number of aromatic nitrogens is 3. The molecule has 27 heavy (non-hydrogen) atoms. The fourth-order valence-electron chi connectivity index (χ4n) is 3.06. The molecule has 1 aromatic carbocycles. The quantitative estimate of drug-likeness (QED) is 0.380. The number of halogens is 3. The van der Waals surface area contributed by atoms with Gasteiger partial charge in [0.1, 0.15) is 5.69 Å². The Kier molecular flexibility index (Phi) is 4.58. The molecule has 5 nitrogen and oxygen atoms in total. The highest BCUT2D eigenvalue weighted by atomic mass is 79.9. The van der Waals surface area contributed by atoms with Gasteiger partial charge in [-0.1, -0.05) is 29.3 Å². The zero-order valence-corrected chi connectivity index (χ0v) is 17.4. The molecular weight excluding hydrogens is 453 g/mol. The van der Waals surface area contributed by atoms with Crippen molar-refractivity contribution in [3.05, 3.63) is 72.9 Å². The first-order valence-electron chi connectivity index (χ1n) is 7.95. The first kappa shape index (κ1) is 18.2. The van der Waals surface area contributed by atoms with E-state index in [-0.39, 0.29) is 5.89 Å². The van der Waals surface area contributed by atoms with E-state index in [4.69, 9.17) is 27.6 Å². The molecule has 3 aromatic heterocycles. The molecule has 0 aliphatic rings. The van der Waals surface area contributed by atoms with Gasteiger partial charge in [0.05, 0.1) is 26.6 Å². The minimum absolute atomic E-state index is 0.175. The average molecular weight is 465 g/mol. The molecule has 0 saturated heterocycles. The first-order chi connectivity index (χ1) is 12.8. The standard InChI is InChI=1S/C19H12BrCl2N3O2/c1-9-3-10(2)16-12(4-9)19(26)27-18(24-16)15-5-11(20)8-25(15)17-13(21)6-23-7-14(17)22/h3-8H,1-2H3. The third kappa shape index (κ3) is 3.18. The monoisotopic (exact) mass is 463 g/mol. The summed E-state index contributed by atoms with van der Waals surface area (Å²) in [5.41, 5.74) is 3.09. The molecule has 136 valence electrons. The maximum absolute atomic E-state index is 12.6. The molecule has 4 aromatic rings. The molecule has 0 N–H and O–H groups in total. The fourth-order valence-corrected chi connectivity index (χ4v) is 4.02. The lowest BCUT2D eigenvalue weighted by Crippen LogP contribution is -2.07. The van der Waals surface area contributed by atoms with Crippen molar-refractivity contribution in [2.24, 2.45) is 0 Å². The molecule has 3 heterocycles. The molecule has 4 rings (SSSR count). The predicted molar refractivity (Wildman–Crippen MR) is 110 cm³/mol. The Morgan fingerprint density at radius 2 is 1.81 bits per heavy atom. The van der Waals surface area contributed by atoms with Gasteiger partial charge in [0.15, 0.2) is 0 Å². The topological polar surface area (TPSA) is 60.9 Å². The Hall–Kier alpha value is -2.15. The van der Waals surface area contributed by atoms with Crippen LogP contribution in [0.4, 0.5) is 0 Å². The van der Waals surface area contributed by atoms with E-state index in [2.05, 4.69) is 25.9 Å². The van der Waals surface area contributed by atoms with Crippen LogP contribution in [0.1, 0.15) is 11.1 Å². The highest BCUT2D eigenvalue weighted by molar-refractivity contribution is 9.10. The van der Waals surface area contributed by atoms with Gasteiger partial charge in [-0.2, -0.15) is 0 Å². The lowest BCUT2D eigenvalue weighted by Gasteiger charge is -2.12. The molecule has 8 heteroatoms. The van der Waals surface area contributed by atoms with Gasteiger partial charge >= 0.3 is 5.63 Å². The molecule has 0 fully saturated rings. The van der Waals surface area contributed by atoms with Crippen molar-refractivity contribution in [3.8, 4) is 17.3 Å². The van der Waals surface area contributed by atoms with Crippen LogP contribution in [0, 0.1) is 13.8 Å². The Morgan fingerprint density at radius 1 is 1.11 bits per heavy atom. The average Bonchev–Trinajstić information content (AvgIpc) is 2.97. The van der Waals surface area contributed by atoms with Gasteiger partial charge in [0.2, 0.25) is 5.89 Å². The molecule has 0 aliphatic carbocycles. The lowest BCUT2D eigenvalue weighted by atomic mass is 10.1. The molecule has 0 atom stereocenters. The normalized spacial score (nSPS) is 11.3. The van der Waals surface area contributed by atoms with Crippen LogP contribution >= 0.6 is 39.1 Å². The second kappa shape index (κ2) is 6.78. The highest BCUT2D eigenvalue weighted by Gasteiger charge is 2.19. The number of benzene rings is 1. The molecular formula is C19H12BrCl2N3O2. The third-order valence-corrected chi connectivity index (χ3v) is 5.13. The van der Waals surface area contributed by atoms with Crippen molar-refractivity contribution in [2.45, 2.75) is 13.8 Å². The summed E-state index contributed by atoms with van der Waals surface area (Å²) in [6.45, 7) is 3.84. The van der Waals surface area contributed by atoms with E-state index in [1.54, 1.807) is 22.9 Å². The first-order valence-corrected chi connectivity index (χ1v) is 9.50. The summed E-state index contributed by atoms with van der Waals surface area (Å²) in [6, 6.07) is 5.54. The van der Waals surface area contributed by atoms with Crippen LogP contribution in [0.2, 0.25) is 10.0 Å². The van der Waals surface area contributed by atoms with Crippen LogP contribution in [0.15, 0.2) is 50.5 Å². The molecule has 0 bridgehead atoms. The maximum Gasteiger partial charge on any atom is 0.347 e. The van der Waals surface area contributed by atoms with E-state index < -0.39 is 5.63 Å². The van der Waals surface area contributed by atoms with Gasteiger partial charge in [-0.05, 0) is 53.0 Å². The Labute approximate surface area is 172 Å². The lowest BCUT2D eigenvalue weighted by molar-refractivity contribution is 0.515. The number of rotatable bonds is 2. The summed E-state index contributed by atoms with van der Waals surface area (Å²) in [4.78, 5) is 21.1. The number of hydrogen-bond donors (Lipinski definition) is 0. The third-order valence-electron chi connectivity index (χ3n) is 4.14. The molecule has 0 amide bonds. The van der Waals surface area contributed by atoms with Gasteiger partial charge in [-0.3, -0.25) is 4.98 Å². The van der Waals surface area contributed by atoms with E-state index in [1.807, 2.05) is 19.9 Å². The fraction of sp³-hybridized carbons (Fsp3) is 0.105. The maximum atomic E-state index is 12.6. The van der Waals surface area contributed by atoms with Crippen molar-refractivity contribution in [2.75, 3.05) is 0 Å². The van der Waals surface area contributed by atoms with Gasteiger partial charge in [0, 0.05) is 23.1 Å². The minimum Gasteiger partial charge on any atom is -0.401 e. The molecule has 0 unspecified atom stereocenters. The van der Waals surface area contributed by atoms with Gasteiger partial charge in [0.25, 0.3) is 0 Å². The highest BCUT2D eigenvalue weighted by Crippen LogP contribution is 2.34. The Morgan fingerprint density at radius 3 is 2.52 bits per heavy atom. The van der Waals surface area contributed by atoms with Crippen molar-refractivity contribution in [1.29, 1.82) is 0 Å². The largest absolute Gasteiger partial charge is 0.401 e. The van der Waals surface area contributed by atoms with Crippen LogP contribution in [0.5, 0.6) is 0 Å². The van der Waals surface area contributed by atoms with Crippen molar-refractivity contribution >= 4 is 50.0 Å². The van der Waals surface area contributed by atoms with Crippen LogP contribution in [0.25, 0.3) is 28.2 Å². The zero-order chi connectivity index (χ0) is 19.3. The SMILES string of the molecule is Cc1cc(C)c2nc(-c3cc(Br)cn3-c3c(Cl)cncc3Cl)oc(=O)c2c1. The summed E-state index contributed by atoms with van der Waals surface area (Å²) in [6.07, 6.45) is 4.77. The van der Waals surface area contributed by atoms with E-state index in [1.165, 1.54) is 12.4 Å². The Bertz CT molecular complexity index is 1240. The second-order valence-electron chi connectivity index (χ2n) is 6.15. The number of fused-ring (bicyclic) bond motifs is 1. The van der Waals surface area contributed by atoms with Gasteiger partial charge in [-0.25, -0.2) is 9.78 Å². The number of hydrogen-bond acceptors (Lipinski definition) is 4. The van der Waals surface area contributed by atoms with E-state index in [9.17, 15) is 4.79 Å². The number of aryl methyl sites for hydroxylation is 2.